The Kier molecular flexibility index (Phi) is 5.54. The number of rotatable bonds is 5. The van der Waals surface area contributed by atoms with Crippen LogP contribution in [-0.4, -0.2) is 30.4 Å². The van der Waals surface area contributed by atoms with Gasteiger partial charge in [0.05, 0.1) is 6.54 Å². The molecular formula is C17H19N3O2. The highest BCUT2D eigenvalue weighted by Crippen LogP contribution is 2.04. The predicted molar refractivity (Wildman–Crippen MR) is 86.4 cm³/mol. The molecule has 22 heavy (non-hydrogen) atoms. The standard InChI is InChI=1S/C17H19N3O2/c1-20(13-14-8-4-2-5-9-14)16(21)12-18-17(22)19-15-10-6-3-7-11-15/h2-11H,12-13H2,1H3,(H2,18,19,22). The molecule has 0 aliphatic carbocycles. The molecule has 0 fully saturated rings. The van der Waals surface area contributed by atoms with Crippen molar-refractivity contribution in [2.75, 3.05) is 18.9 Å². The lowest BCUT2D eigenvalue weighted by atomic mass is 10.2. The van der Waals surface area contributed by atoms with Gasteiger partial charge in [0, 0.05) is 19.3 Å². The van der Waals surface area contributed by atoms with Crippen molar-refractivity contribution in [3.05, 3.63) is 66.2 Å². The number of amides is 3. The van der Waals surface area contributed by atoms with Gasteiger partial charge in [-0.3, -0.25) is 4.79 Å². The number of hydrogen-bond donors (Lipinski definition) is 2. The van der Waals surface area contributed by atoms with Crippen molar-refractivity contribution in [1.29, 1.82) is 0 Å². The smallest absolute Gasteiger partial charge is 0.319 e. The van der Waals surface area contributed by atoms with Crippen molar-refractivity contribution in [2.24, 2.45) is 0 Å². The molecule has 0 bridgehead atoms. The molecule has 5 nitrogen and oxygen atoms in total. The van der Waals surface area contributed by atoms with Crippen molar-refractivity contribution in [3.63, 3.8) is 0 Å². The van der Waals surface area contributed by atoms with Gasteiger partial charge in [0.1, 0.15) is 0 Å². The normalized spacial score (nSPS) is 9.86. The Morgan fingerprint density at radius 1 is 0.955 bits per heavy atom. The Morgan fingerprint density at radius 2 is 1.55 bits per heavy atom. The second-order valence-corrected chi connectivity index (χ2v) is 4.91. The summed E-state index contributed by atoms with van der Waals surface area (Å²) in [5, 5.41) is 5.22. The van der Waals surface area contributed by atoms with Crippen molar-refractivity contribution in [1.82, 2.24) is 10.2 Å². The maximum absolute atomic E-state index is 12.0. The van der Waals surface area contributed by atoms with Gasteiger partial charge in [0.25, 0.3) is 0 Å². The fourth-order valence-corrected chi connectivity index (χ4v) is 1.93. The highest BCUT2D eigenvalue weighted by molar-refractivity contribution is 5.92. The second kappa shape index (κ2) is 7.83. The lowest BCUT2D eigenvalue weighted by molar-refractivity contribution is -0.129. The molecule has 0 spiro atoms. The van der Waals surface area contributed by atoms with E-state index in [2.05, 4.69) is 10.6 Å². The molecule has 0 heterocycles. The average Bonchev–Trinajstić information content (AvgIpc) is 2.54. The zero-order valence-corrected chi connectivity index (χ0v) is 12.5. The van der Waals surface area contributed by atoms with Crippen LogP contribution in [0.3, 0.4) is 0 Å². The van der Waals surface area contributed by atoms with Crippen LogP contribution in [0, 0.1) is 0 Å². The third-order valence-corrected chi connectivity index (χ3v) is 3.12. The van der Waals surface area contributed by atoms with E-state index in [4.69, 9.17) is 0 Å². The monoisotopic (exact) mass is 297 g/mol. The predicted octanol–water partition coefficient (Wildman–Crippen LogP) is 2.47. The number of benzene rings is 2. The van der Waals surface area contributed by atoms with E-state index in [-0.39, 0.29) is 12.5 Å². The first-order chi connectivity index (χ1) is 10.6. The van der Waals surface area contributed by atoms with Gasteiger partial charge in [-0.2, -0.15) is 0 Å². The van der Waals surface area contributed by atoms with Gasteiger partial charge in [-0.25, -0.2) is 4.79 Å². The van der Waals surface area contributed by atoms with Crippen molar-refractivity contribution >= 4 is 17.6 Å². The van der Waals surface area contributed by atoms with Crippen LogP contribution in [0.2, 0.25) is 0 Å². The molecule has 0 unspecified atom stereocenters. The summed E-state index contributed by atoms with van der Waals surface area (Å²) in [6.45, 7) is 0.476. The Labute approximate surface area is 129 Å². The van der Waals surface area contributed by atoms with E-state index >= 15 is 0 Å². The zero-order valence-electron chi connectivity index (χ0n) is 12.5. The summed E-state index contributed by atoms with van der Waals surface area (Å²) in [6, 6.07) is 18.4. The molecule has 2 rings (SSSR count). The molecule has 114 valence electrons. The first-order valence-electron chi connectivity index (χ1n) is 7.03. The third-order valence-electron chi connectivity index (χ3n) is 3.12. The summed E-state index contributed by atoms with van der Waals surface area (Å²) in [5.74, 6) is -0.146. The number of nitrogens with zero attached hydrogens (tertiary/aromatic N) is 1. The Balaban J connectivity index is 1.76. The Hall–Kier alpha value is -2.82. The van der Waals surface area contributed by atoms with E-state index in [1.54, 1.807) is 24.1 Å². The SMILES string of the molecule is CN(Cc1ccccc1)C(=O)CNC(=O)Nc1ccccc1. The minimum atomic E-state index is -0.396. The topological polar surface area (TPSA) is 61.4 Å². The Morgan fingerprint density at radius 3 is 2.18 bits per heavy atom. The lowest BCUT2D eigenvalue weighted by Gasteiger charge is -2.17. The summed E-state index contributed by atoms with van der Waals surface area (Å²) in [7, 11) is 1.71. The molecule has 2 N–H and O–H groups in total. The van der Waals surface area contributed by atoms with Gasteiger partial charge < -0.3 is 15.5 Å². The molecule has 0 radical (unpaired) electrons. The maximum atomic E-state index is 12.0. The number of anilines is 1. The number of carbonyl (C=O) groups excluding carboxylic acids is 2. The van der Waals surface area contributed by atoms with Gasteiger partial charge in [-0.05, 0) is 17.7 Å². The number of para-hydroxylation sites is 1. The van der Waals surface area contributed by atoms with Crippen LogP contribution in [0.15, 0.2) is 60.7 Å². The van der Waals surface area contributed by atoms with Gasteiger partial charge in [-0.15, -0.1) is 0 Å². The van der Waals surface area contributed by atoms with E-state index in [0.717, 1.165) is 5.56 Å². The van der Waals surface area contributed by atoms with E-state index in [1.165, 1.54) is 0 Å². The molecule has 2 aromatic rings. The maximum Gasteiger partial charge on any atom is 0.319 e. The van der Waals surface area contributed by atoms with E-state index in [9.17, 15) is 9.59 Å². The number of likely N-dealkylation sites (N-methyl/N-ethyl adjacent to an activating group) is 1. The summed E-state index contributed by atoms with van der Waals surface area (Å²) < 4.78 is 0. The van der Waals surface area contributed by atoms with Crippen molar-refractivity contribution in [2.45, 2.75) is 6.54 Å². The van der Waals surface area contributed by atoms with Gasteiger partial charge >= 0.3 is 6.03 Å². The zero-order chi connectivity index (χ0) is 15.8. The number of carbonyl (C=O) groups is 2. The van der Waals surface area contributed by atoms with E-state index < -0.39 is 6.03 Å². The molecule has 0 aliphatic heterocycles. The summed E-state index contributed by atoms with van der Waals surface area (Å²) in [5.41, 5.74) is 1.73. The van der Waals surface area contributed by atoms with Crippen LogP contribution >= 0.6 is 0 Å². The molecule has 5 heteroatoms. The lowest BCUT2D eigenvalue weighted by Crippen LogP contribution is -2.39. The van der Waals surface area contributed by atoms with Crippen LogP contribution in [0.4, 0.5) is 10.5 Å². The summed E-state index contributed by atoms with van der Waals surface area (Å²) in [6.07, 6.45) is 0. The highest BCUT2D eigenvalue weighted by Gasteiger charge is 2.10. The summed E-state index contributed by atoms with van der Waals surface area (Å²) >= 11 is 0. The van der Waals surface area contributed by atoms with Crippen LogP contribution < -0.4 is 10.6 Å². The van der Waals surface area contributed by atoms with Crippen LogP contribution in [0.1, 0.15) is 5.56 Å². The molecule has 2 aromatic carbocycles. The van der Waals surface area contributed by atoms with Crippen molar-refractivity contribution < 1.29 is 9.59 Å². The minimum absolute atomic E-state index is 0.0397. The molecule has 0 atom stereocenters. The molecule has 0 saturated carbocycles. The average molecular weight is 297 g/mol. The molecule has 0 saturated heterocycles. The first kappa shape index (κ1) is 15.6. The highest BCUT2D eigenvalue weighted by atomic mass is 16.2. The largest absolute Gasteiger partial charge is 0.340 e. The second-order valence-electron chi connectivity index (χ2n) is 4.91. The van der Waals surface area contributed by atoms with E-state index in [0.29, 0.717) is 12.2 Å². The number of urea groups is 1. The first-order valence-corrected chi connectivity index (χ1v) is 7.03. The van der Waals surface area contributed by atoms with Crippen LogP contribution in [0.25, 0.3) is 0 Å². The van der Waals surface area contributed by atoms with Crippen LogP contribution in [0.5, 0.6) is 0 Å². The number of nitrogens with one attached hydrogen (secondary N) is 2. The van der Waals surface area contributed by atoms with Gasteiger partial charge in [0.15, 0.2) is 0 Å². The van der Waals surface area contributed by atoms with Crippen LogP contribution in [-0.2, 0) is 11.3 Å². The quantitative estimate of drug-likeness (QED) is 0.890. The fraction of sp³-hybridized carbons (Fsp3) is 0.176. The fourth-order valence-electron chi connectivity index (χ4n) is 1.93. The van der Waals surface area contributed by atoms with Gasteiger partial charge in [-0.1, -0.05) is 48.5 Å². The van der Waals surface area contributed by atoms with E-state index in [1.807, 2.05) is 48.5 Å². The molecular weight excluding hydrogens is 278 g/mol. The molecule has 0 aromatic heterocycles. The minimum Gasteiger partial charge on any atom is -0.340 e. The molecule has 3 amide bonds. The Bertz CT molecular complexity index is 614. The third kappa shape index (κ3) is 4.94. The van der Waals surface area contributed by atoms with Crippen molar-refractivity contribution in [3.8, 4) is 0 Å². The summed E-state index contributed by atoms with van der Waals surface area (Å²) in [4.78, 5) is 25.3. The van der Waals surface area contributed by atoms with Gasteiger partial charge in [0.2, 0.25) is 5.91 Å². The molecule has 0 aliphatic rings. The number of hydrogen-bond acceptors (Lipinski definition) is 2.